The molecule has 3 nitrogen and oxygen atoms in total. The van der Waals surface area contributed by atoms with Crippen molar-refractivity contribution in [3.05, 3.63) is 47.9 Å². The fourth-order valence-corrected chi connectivity index (χ4v) is 1.63. The van der Waals surface area contributed by atoms with Gasteiger partial charge in [0.25, 0.3) is 0 Å². The minimum absolute atomic E-state index is 0.543. The third-order valence-electron chi connectivity index (χ3n) is 2.50. The van der Waals surface area contributed by atoms with Gasteiger partial charge in [-0.1, -0.05) is 24.3 Å². The number of aryl methyl sites for hydroxylation is 1. The molecule has 0 atom stereocenters. The number of nitrogens with zero attached hydrogens (tertiary/aromatic N) is 2. The van der Waals surface area contributed by atoms with Gasteiger partial charge in [-0.2, -0.15) is 5.10 Å². The van der Waals surface area contributed by atoms with Gasteiger partial charge in [0.1, 0.15) is 5.83 Å². The summed E-state index contributed by atoms with van der Waals surface area (Å²) in [5.41, 5.74) is 2.75. The van der Waals surface area contributed by atoms with Crippen LogP contribution in [0.1, 0.15) is 5.56 Å². The molecule has 0 spiro atoms. The van der Waals surface area contributed by atoms with Crippen LogP contribution in [0.15, 0.2) is 42.4 Å². The highest BCUT2D eigenvalue weighted by atomic mass is 19.1. The van der Waals surface area contributed by atoms with Gasteiger partial charge in [-0.3, -0.25) is 4.68 Å². The summed E-state index contributed by atoms with van der Waals surface area (Å²) in [4.78, 5) is 0. The maximum absolute atomic E-state index is 12.9. The molecule has 0 unspecified atom stereocenters. The fraction of sp³-hybridized carbons (Fsp3) is 0.154. The first-order valence-electron chi connectivity index (χ1n) is 5.26. The molecular formula is C13H13FN2O. The number of rotatable bonds is 3. The van der Waals surface area contributed by atoms with Gasteiger partial charge >= 0.3 is 0 Å². The number of benzene rings is 1. The first-order chi connectivity index (χ1) is 8.20. The number of aromatic nitrogens is 2. The van der Waals surface area contributed by atoms with Crippen molar-refractivity contribution < 1.29 is 9.50 Å². The molecule has 1 heterocycles. The SMILES string of the molecule is Cn1nccc1-c1ccc(C=C(F)CO)cc1. The molecule has 0 bridgehead atoms. The third kappa shape index (κ3) is 2.60. The van der Waals surface area contributed by atoms with Crippen LogP contribution < -0.4 is 0 Å². The maximum atomic E-state index is 12.9. The van der Waals surface area contributed by atoms with Gasteiger partial charge in [0.05, 0.1) is 12.3 Å². The van der Waals surface area contributed by atoms with Crippen LogP contribution in [-0.4, -0.2) is 21.5 Å². The lowest BCUT2D eigenvalue weighted by molar-refractivity contribution is 0.300. The van der Waals surface area contributed by atoms with E-state index in [1.165, 1.54) is 6.08 Å². The minimum Gasteiger partial charge on any atom is -0.389 e. The van der Waals surface area contributed by atoms with Crippen LogP contribution in [0.2, 0.25) is 0 Å². The van der Waals surface area contributed by atoms with Crippen molar-refractivity contribution in [3.8, 4) is 11.3 Å². The Hall–Kier alpha value is -1.94. The van der Waals surface area contributed by atoms with Crippen molar-refractivity contribution in [1.29, 1.82) is 0 Å². The van der Waals surface area contributed by atoms with Crippen LogP contribution in [-0.2, 0) is 7.05 Å². The Bertz CT molecular complexity index is 529. The van der Waals surface area contributed by atoms with Gasteiger partial charge in [-0.25, -0.2) is 4.39 Å². The maximum Gasteiger partial charge on any atom is 0.126 e. The van der Waals surface area contributed by atoms with E-state index in [2.05, 4.69) is 5.10 Å². The topological polar surface area (TPSA) is 38.0 Å². The lowest BCUT2D eigenvalue weighted by atomic mass is 10.1. The van der Waals surface area contributed by atoms with Gasteiger partial charge in [0, 0.05) is 13.2 Å². The highest BCUT2D eigenvalue weighted by Crippen LogP contribution is 2.19. The third-order valence-corrected chi connectivity index (χ3v) is 2.50. The predicted octanol–water partition coefficient (Wildman–Crippen LogP) is 2.39. The van der Waals surface area contributed by atoms with E-state index in [1.54, 1.807) is 23.0 Å². The molecule has 0 aliphatic heterocycles. The Labute approximate surface area is 98.8 Å². The summed E-state index contributed by atoms with van der Waals surface area (Å²) in [6.07, 6.45) is 3.04. The average Bonchev–Trinajstić information content (AvgIpc) is 2.76. The zero-order chi connectivity index (χ0) is 12.3. The van der Waals surface area contributed by atoms with Gasteiger partial charge in [0.15, 0.2) is 0 Å². The van der Waals surface area contributed by atoms with E-state index in [4.69, 9.17) is 5.11 Å². The molecule has 0 saturated carbocycles. The number of hydrogen-bond donors (Lipinski definition) is 1. The zero-order valence-electron chi connectivity index (χ0n) is 9.47. The lowest BCUT2D eigenvalue weighted by Crippen LogP contribution is -1.93. The molecular weight excluding hydrogens is 219 g/mol. The monoisotopic (exact) mass is 232 g/mol. The summed E-state index contributed by atoms with van der Waals surface area (Å²) in [5, 5.41) is 12.7. The molecule has 0 saturated heterocycles. The number of hydrogen-bond acceptors (Lipinski definition) is 2. The average molecular weight is 232 g/mol. The predicted molar refractivity (Wildman–Crippen MR) is 64.8 cm³/mol. The van der Waals surface area contributed by atoms with Crippen molar-refractivity contribution >= 4 is 6.08 Å². The van der Waals surface area contributed by atoms with E-state index >= 15 is 0 Å². The van der Waals surface area contributed by atoms with E-state index in [-0.39, 0.29) is 0 Å². The number of aliphatic hydroxyl groups is 1. The zero-order valence-corrected chi connectivity index (χ0v) is 9.47. The molecule has 0 fully saturated rings. The summed E-state index contributed by atoms with van der Waals surface area (Å²) in [6.45, 7) is -0.566. The second-order valence-electron chi connectivity index (χ2n) is 3.71. The van der Waals surface area contributed by atoms with Crippen LogP contribution in [0.3, 0.4) is 0 Å². The van der Waals surface area contributed by atoms with Crippen molar-refractivity contribution in [2.24, 2.45) is 7.05 Å². The lowest BCUT2D eigenvalue weighted by Gasteiger charge is -2.02. The standard InChI is InChI=1S/C13H13FN2O/c1-16-13(6-7-15-16)11-4-2-10(3-5-11)8-12(14)9-17/h2-8,17H,9H2,1H3. The smallest absolute Gasteiger partial charge is 0.126 e. The second-order valence-corrected chi connectivity index (χ2v) is 3.71. The van der Waals surface area contributed by atoms with E-state index in [1.807, 2.05) is 25.2 Å². The highest BCUT2D eigenvalue weighted by molar-refractivity contribution is 5.62. The summed E-state index contributed by atoms with van der Waals surface area (Å²) in [5.74, 6) is -0.543. The summed E-state index contributed by atoms with van der Waals surface area (Å²) in [7, 11) is 1.87. The van der Waals surface area contributed by atoms with Crippen LogP contribution in [0, 0.1) is 0 Å². The van der Waals surface area contributed by atoms with E-state index in [0.29, 0.717) is 0 Å². The number of halogens is 1. The van der Waals surface area contributed by atoms with Crippen molar-refractivity contribution in [3.63, 3.8) is 0 Å². The number of aliphatic hydroxyl groups excluding tert-OH is 1. The van der Waals surface area contributed by atoms with E-state index in [9.17, 15) is 4.39 Å². The normalized spacial score (nSPS) is 11.8. The molecule has 2 rings (SSSR count). The Morgan fingerprint density at radius 2 is 2.06 bits per heavy atom. The fourth-order valence-electron chi connectivity index (χ4n) is 1.63. The van der Waals surface area contributed by atoms with Crippen LogP contribution in [0.25, 0.3) is 17.3 Å². The molecule has 0 aliphatic rings. The molecule has 1 aromatic heterocycles. The van der Waals surface area contributed by atoms with E-state index in [0.717, 1.165) is 16.8 Å². The van der Waals surface area contributed by atoms with Crippen molar-refractivity contribution in [2.45, 2.75) is 0 Å². The van der Waals surface area contributed by atoms with Crippen molar-refractivity contribution in [2.75, 3.05) is 6.61 Å². The van der Waals surface area contributed by atoms with Crippen LogP contribution >= 0.6 is 0 Å². The Morgan fingerprint density at radius 3 is 2.59 bits per heavy atom. The first kappa shape index (κ1) is 11.5. The molecule has 1 aromatic carbocycles. The Kier molecular flexibility index (Phi) is 3.35. The van der Waals surface area contributed by atoms with Crippen LogP contribution in [0.5, 0.6) is 0 Å². The molecule has 88 valence electrons. The van der Waals surface area contributed by atoms with Crippen LogP contribution in [0.4, 0.5) is 4.39 Å². The summed E-state index contributed by atoms with van der Waals surface area (Å²) < 4.78 is 14.6. The largest absolute Gasteiger partial charge is 0.389 e. The molecule has 0 aliphatic carbocycles. The molecule has 1 N–H and O–H groups in total. The van der Waals surface area contributed by atoms with Gasteiger partial charge in [0.2, 0.25) is 0 Å². The van der Waals surface area contributed by atoms with E-state index < -0.39 is 12.4 Å². The van der Waals surface area contributed by atoms with Gasteiger partial charge in [-0.05, 0) is 23.3 Å². The summed E-state index contributed by atoms with van der Waals surface area (Å²) >= 11 is 0. The second kappa shape index (κ2) is 4.93. The summed E-state index contributed by atoms with van der Waals surface area (Å²) in [6, 6.07) is 9.31. The van der Waals surface area contributed by atoms with Crippen molar-refractivity contribution in [1.82, 2.24) is 9.78 Å². The molecule has 2 aromatic rings. The van der Waals surface area contributed by atoms with Gasteiger partial charge < -0.3 is 5.11 Å². The molecule has 0 radical (unpaired) electrons. The molecule has 0 amide bonds. The van der Waals surface area contributed by atoms with Gasteiger partial charge in [-0.15, -0.1) is 0 Å². The highest BCUT2D eigenvalue weighted by Gasteiger charge is 2.01. The molecule has 17 heavy (non-hydrogen) atoms. The molecule has 4 heteroatoms. The quantitative estimate of drug-likeness (QED) is 0.882. The Morgan fingerprint density at radius 1 is 1.35 bits per heavy atom. The first-order valence-corrected chi connectivity index (χ1v) is 5.26. The minimum atomic E-state index is -0.566. The Balaban J connectivity index is 2.28.